The van der Waals surface area contributed by atoms with Crippen molar-refractivity contribution in [3.8, 4) is 0 Å². The first-order valence-electron chi connectivity index (χ1n) is 11.3. The molecule has 0 unspecified atom stereocenters. The molecule has 0 radical (unpaired) electrons. The van der Waals surface area contributed by atoms with Gasteiger partial charge in [0.2, 0.25) is 11.8 Å². The fourth-order valence-electron chi connectivity index (χ4n) is 4.83. The Bertz CT molecular complexity index is 955. The zero-order chi connectivity index (χ0) is 21.8. The van der Waals surface area contributed by atoms with Crippen LogP contribution in [0.25, 0.3) is 0 Å². The highest BCUT2D eigenvalue weighted by Crippen LogP contribution is 2.45. The van der Waals surface area contributed by atoms with E-state index in [9.17, 15) is 14.4 Å². The maximum atomic E-state index is 13.2. The molecule has 1 aliphatic carbocycles. The molecule has 31 heavy (non-hydrogen) atoms. The summed E-state index contributed by atoms with van der Waals surface area (Å²) in [4.78, 5) is 40.0. The lowest BCUT2D eigenvalue weighted by molar-refractivity contribution is -0.122. The van der Waals surface area contributed by atoms with Crippen LogP contribution in [0.3, 0.4) is 0 Å². The minimum Gasteiger partial charge on any atom is -0.462 e. The van der Waals surface area contributed by atoms with Gasteiger partial charge in [-0.15, -0.1) is 0 Å². The summed E-state index contributed by atoms with van der Waals surface area (Å²) >= 11 is 0. The van der Waals surface area contributed by atoms with Gasteiger partial charge in [0, 0.05) is 0 Å². The number of benzene rings is 2. The van der Waals surface area contributed by atoms with E-state index in [1.165, 1.54) is 10.5 Å². The van der Waals surface area contributed by atoms with Gasteiger partial charge in [-0.3, -0.25) is 14.5 Å². The summed E-state index contributed by atoms with van der Waals surface area (Å²) in [6.07, 6.45) is 5.20. The molecule has 1 aliphatic heterocycles. The predicted octanol–water partition coefficient (Wildman–Crippen LogP) is 5.11. The van der Waals surface area contributed by atoms with Crippen LogP contribution < -0.4 is 4.90 Å². The van der Waals surface area contributed by atoms with E-state index in [0.717, 1.165) is 25.7 Å². The van der Waals surface area contributed by atoms with E-state index in [1.807, 2.05) is 18.2 Å². The fraction of sp³-hybridized carbons (Fsp3) is 0.423. The van der Waals surface area contributed by atoms with Gasteiger partial charge in [0.1, 0.15) is 0 Å². The van der Waals surface area contributed by atoms with Crippen LogP contribution in [-0.4, -0.2) is 24.4 Å². The number of anilines is 1. The number of unbranched alkanes of at least 4 members (excludes halogenated alkanes) is 2. The molecule has 1 saturated heterocycles. The molecule has 2 fully saturated rings. The molecule has 2 amide bonds. The van der Waals surface area contributed by atoms with Gasteiger partial charge < -0.3 is 4.74 Å². The van der Waals surface area contributed by atoms with Crippen LogP contribution in [0.2, 0.25) is 0 Å². The van der Waals surface area contributed by atoms with Gasteiger partial charge in [0.25, 0.3) is 0 Å². The molecule has 0 bridgehead atoms. The highest BCUT2D eigenvalue weighted by Gasteiger charge is 2.50. The molecular weight excluding hydrogens is 390 g/mol. The number of amides is 2. The number of imide groups is 1. The maximum absolute atomic E-state index is 13.2. The van der Waals surface area contributed by atoms with Crippen LogP contribution in [0.4, 0.5) is 5.69 Å². The van der Waals surface area contributed by atoms with Gasteiger partial charge in [0.05, 0.1) is 29.7 Å². The van der Waals surface area contributed by atoms with Crippen molar-refractivity contribution in [2.75, 3.05) is 11.5 Å². The number of esters is 1. The summed E-state index contributed by atoms with van der Waals surface area (Å²) < 4.78 is 5.33. The number of ether oxygens (including phenoxy) is 1. The van der Waals surface area contributed by atoms with Gasteiger partial charge >= 0.3 is 5.97 Å². The number of carbonyl (C=O) groups is 3. The third-order valence-electron chi connectivity index (χ3n) is 6.52. The second-order valence-electron chi connectivity index (χ2n) is 8.54. The van der Waals surface area contributed by atoms with Gasteiger partial charge in [-0.05, 0) is 55.4 Å². The first-order chi connectivity index (χ1) is 15.1. The SMILES string of the molecule is CCCCCOC(=O)c1cccc(N2C(=O)[C@H]3C[C@@H](c4ccccc4)CC[C@H]3C2=O)c1. The summed E-state index contributed by atoms with van der Waals surface area (Å²) in [5.41, 5.74) is 2.06. The highest BCUT2D eigenvalue weighted by molar-refractivity contribution is 6.22. The standard InChI is InChI=1S/C26H29NO4/c1-2-3-7-15-31-26(30)20-11-8-12-21(16-20)27-24(28)22-14-13-19(17-23(22)25(27)29)18-9-5-4-6-10-18/h4-6,8-12,16,19,22-23H,2-3,7,13-15,17H2,1H3/t19-,22+,23-/m0/s1. The first kappa shape index (κ1) is 21.3. The third kappa shape index (κ3) is 4.41. The molecule has 2 aromatic carbocycles. The number of hydrogen-bond acceptors (Lipinski definition) is 4. The number of carbonyl (C=O) groups excluding carboxylic acids is 3. The molecule has 5 heteroatoms. The maximum Gasteiger partial charge on any atom is 0.338 e. The van der Waals surface area contributed by atoms with Crippen molar-refractivity contribution in [1.82, 2.24) is 0 Å². The largest absolute Gasteiger partial charge is 0.462 e. The molecule has 5 nitrogen and oxygen atoms in total. The molecule has 0 aromatic heterocycles. The third-order valence-corrected chi connectivity index (χ3v) is 6.52. The Labute approximate surface area is 183 Å². The lowest BCUT2D eigenvalue weighted by atomic mass is 9.73. The van der Waals surface area contributed by atoms with E-state index in [0.29, 0.717) is 36.6 Å². The zero-order valence-corrected chi connectivity index (χ0v) is 18.0. The van der Waals surface area contributed by atoms with Crippen LogP contribution in [0.5, 0.6) is 0 Å². The van der Waals surface area contributed by atoms with Crippen LogP contribution in [0.1, 0.15) is 67.3 Å². The number of nitrogens with zero attached hydrogens (tertiary/aromatic N) is 1. The van der Waals surface area contributed by atoms with Crippen molar-refractivity contribution >= 4 is 23.5 Å². The molecule has 0 N–H and O–H groups in total. The van der Waals surface area contributed by atoms with Crippen molar-refractivity contribution in [2.45, 2.75) is 51.4 Å². The van der Waals surface area contributed by atoms with E-state index in [1.54, 1.807) is 24.3 Å². The summed E-state index contributed by atoms with van der Waals surface area (Å²) in [7, 11) is 0. The zero-order valence-electron chi connectivity index (χ0n) is 18.0. The summed E-state index contributed by atoms with van der Waals surface area (Å²) in [6.45, 7) is 2.47. The Morgan fingerprint density at radius 1 is 0.968 bits per heavy atom. The molecule has 1 saturated carbocycles. The normalized spacial score (nSPS) is 23.0. The van der Waals surface area contributed by atoms with Crippen LogP contribution in [0.15, 0.2) is 54.6 Å². The topological polar surface area (TPSA) is 63.7 Å². The van der Waals surface area contributed by atoms with Gasteiger partial charge in [-0.2, -0.15) is 0 Å². The molecule has 0 spiro atoms. The van der Waals surface area contributed by atoms with Crippen LogP contribution in [-0.2, 0) is 14.3 Å². The van der Waals surface area contributed by atoms with Crippen molar-refractivity contribution in [1.29, 1.82) is 0 Å². The molecular formula is C26H29NO4. The Morgan fingerprint density at radius 2 is 1.74 bits per heavy atom. The van der Waals surface area contributed by atoms with E-state index >= 15 is 0 Å². The molecule has 4 rings (SSSR count). The van der Waals surface area contributed by atoms with Gasteiger partial charge in [-0.25, -0.2) is 4.79 Å². The summed E-state index contributed by atoms with van der Waals surface area (Å²) in [5, 5.41) is 0. The predicted molar refractivity (Wildman–Crippen MR) is 119 cm³/mol. The molecule has 2 aromatic rings. The highest BCUT2D eigenvalue weighted by atomic mass is 16.5. The van der Waals surface area contributed by atoms with Crippen molar-refractivity contribution in [2.24, 2.45) is 11.8 Å². The quantitative estimate of drug-likeness (QED) is 0.356. The Kier molecular flexibility index (Phi) is 6.50. The van der Waals surface area contributed by atoms with Crippen LogP contribution >= 0.6 is 0 Å². The Morgan fingerprint density at radius 3 is 2.52 bits per heavy atom. The van der Waals surface area contributed by atoms with Crippen molar-refractivity contribution < 1.29 is 19.1 Å². The minimum absolute atomic E-state index is 0.144. The van der Waals surface area contributed by atoms with E-state index in [-0.39, 0.29) is 23.7 Å². The fourth-order valence-corrected chi connectivity index (χ4v) is 4.83. The Balaban J connectivity index is 1.49. The molecule has 3 atom stereocenters. The van der Waals surface area contributed by atoms with E-state index in [2.05, 4.69) is 19.1 Å². The Hall–Kier alpha value is -2.95. The van der Waals surface area contributed by atoms with E-state index in [4.69, 9.17) is 4.74 Å². The van der Waals surface area contributed by atoms with Crippen molar-refractivity contribution in [3.05, 3.63) is 65.7 Å². The van der Waals surface area contributed by atoms with Gasteiger partial charge in [-0.1, -0.05) is 56.2 Å². The van der Waals surface area contributed by atoms with E-state index < -0.39 is 5.97 Å². The van der Waals surface area contributed by atoms with Crippen LogP contribution in [0, 0.1) is 11.8 Å². The lowest BCUT2D eigenvalue weighted by Crippen LogP contribution is -2.31. The first-order valence-corrected chi connectivity index (χ1v) is 11.3. The second kappa shape index (κ2) is 9.46. The average Bonchev–Trinajstić information content (AvgIpc) is 3.06. The number of fused-ring (bicyclic) bond motifs is 1. The van der Waals surface area contributed by atoms with Gasteiger partial charge in [0.15, 0.2) is 0 Å². The smallest absolute Gasteiger partial charge is 0.338 e. The summed E-state index contributed by atoms with van der Waals surface area (Å²) in [6, 6.07) is 16.9. The summed E-state index contributed by atoms with van der Waals surface area (Å²) in [5.74, 6) is -0.977. The second-order valence-corrected chi connectivity index (χ2v) is 8.54. The minimum atomic E-state index is -0.418. The molecule has 2 aliphatic rings. The molecule has 1 heterocycles. The average molecular weight is 420 g/mol. The number of hydrogen-bond donors (Lipinski definition) is 0. The van der Waals surface area contributed by atoms with Crippen molar-refractivity contribution in [3.63, 3.8) is 0 Å². The monoisotopic (exact) mass is 419 g/mol. The molecule has 162 valence electrons. The lowest BCUT2D eigenvalue weighted by Gasteiger charge is -2.28. The number of rotatable bonds is 7.